The fourth-order valence-corrected chi connectivity index (χ4v) is 7.93. The Bertz CT molecular complexity index is 2900. The second-order valence-electron chi connectivity index (χ2n) is 13.3. The Morgan fingerprint density at radius 3 is 1.55 bits per heavy atom. The molecule has 0 aliphatic rings. The van der Waals surface area contributed by atoms with Gasteiger partial charge >= 0.3 is 0 Å². The van der Waals surface area contributed by atoms with Crippen LogP contribution in [0.3, 0.4) is 0 Å². The van der Waals surface area contributed by atoms with E-state index in [2.05, 4.69) is 205 Å². The predicted molar refractivity (Wildman–Crippen MR) is 220 cm³/mol. The van der Waals surface area contributed by atoms with Crippen LogP contribution in [-0.2, 0) is 0 Å². The Kier molecular flexibility index (Phi) is 6.89. The standard InChI is InChI=1S/C50H33N/c1-2-11-34(12-3-1)38-15-10-16-41(31-38)51(42-28-30-45-39(32-42)22-21-35-13-4-6-17-43(35)45)40-26-23-37(24-27-40)49-33-50-44-18-7-5-14-36(44)25-29-48(50)46-19-8-9-20-47(46)49/h1-33H. The van der Waals surface area contributed by atoms with Crippen molar-refractivity contribution in [3.63, 3.8) is 0 Å². The van der Waals surface area contributed by atoms with Gasteiger partial charge in [0.25, 0.3) is 0 Å². The monoisotopic (exact) mass is 647 g/mol. The summed E-state index contributed by atoms with van der Waals surface area (Å²) in [6.07, 6.45) is 0. The molecule has 10 aromatic rings. The number of fused-ring (bicyclic) bond motifs is 8. The largest absolute Gasteiger partial charge is 0.310 e. The number of hydrogen-bond acceptors (Lipinski definition) is 1. The molecule has 10 aromatic carbocycles. The van der Waals surface area contributed by atoms with Gasteiger partial charge in [0.15, 0.2) is 0 Å². The van der Waals surface area contributed by atoms with Crippen molar-refractivity contribution in [1.82, 2.24) is 0 Å². The van der Waals surface area contributed by atoms with Gasteiger partial charge < -0.3 is 4.90 Å². The molecule has 0 atom stereocenters. The summed E-state index contributed by atoms with van der Waals surface area (Å²) in [4.78, 5) is 2.39. The summed E-state index contributed by atoms with van der Waals surface area (Å²) in [7, 11) is 0. The molecule has 0 aliphatic carbocycles. The van der Waals surface area contributed by atoms with Crippen LogP contribution in [0.1, 0.15) is 0 Å². The Balaban J connectivity index is 1.14. The maximum absolute atomic E-state index is 2.39. The zero-order valence-corrected chi connectivity index (χ0v) is 28.0. The molecule has 0 radical (unpaired) electrons. The molecule has 0 saturated heterocycles. The number of benzene rings is 10. The van der Waals surface area contributed by atoms with Gasteiger partial charge in [0.1, 0.15) is 0 Å². The number of hydrogen-bond donors (Lipinski definition) is 0. The summed E-state index contributed by atoms with van der Waals surface area (Å²) < 4.78 is 0. The Labute approximate surface area is 297 Å². The number of nitrogens with zero attached hydrogens (tertiary/aromatic N) is 1. The minimum atomic E-state index is 1.11. The molecule has 0 amide bonds. The van der Waals surface area contributed by atoms with Crippen molar-refractivity contribution in [3.8, 4) is 22.3 Å². The molecule has 0 bridgehead atoms. The van der Waals surface area contributed by atoms with E-state index in [0.29, 0.717) is 0 Å². The zero-order chi connectivity index (χ0) is 33.7. The molecular formula is C50H33N. The normalized spacial score (nSPS) is 11.5. The van der Waals surface area contributed by atoms with E-state index in [1.54, 1.807) is 0 Å². The highest BCUT2D eigenvalue weighted by Crippen LogP contribution is 2.42. The Morgan fingerprint density at radius 1 is 0.235 bits per heavy atom. The van der Waals surface area contributed by atoms with Gasteiger partial charge in [-0.25, -0.2) is 0 Å². The average Bonchev–Trinajstić information content (AvgIpc) is 3.21. The maximum Gasteiger partial charge on any atom is 0.0468 e. The van der Waals surface area contributed by atoms with Gasteiger partial charge in [-0.2, -0.15) is 0 Å². The lowest BCUT2D eigenvalue weighted by Crippen LogP contribution is -2.10. The molecule has 10 rings (SSSR count). The molecule has 1 nitrogen and oxygen atoms in total. The van der Waals surface area contributed by atoms with E-state index >= 15 is 0 Å². The summed E-state index contributed by atoms with van der Waals surface area (Å²) in [5.41, 5.74) is 8.19. The SMILES string of the molecule is c1ccc(-c2cccc(N(c3ccc(-c4cc5c6ccccc6ccc5c5ccccc45)cc3)c3ccc4c(ccc5ccccc54)c3)c2)cc1. The van der Waals surface area contributed by atoms with Crippen LogP contribution in [-0.4, -0.2) is 0 Å². The number of anilines is 3. The van der Waals surface area contributed by atoms with Crippen molar-refractivity contribution in [2.24, 2.45) is 0 Å². The summed E-state index contributed by atoms with van der Waals surface area (Å²) >= 11 is 0. The first-order valence-corrected chi connectivity index (χ1v) is 17.6. The lowest BCUT2D eigenvalue weighted by atomic mass is 9.91. The van der Waals surface area contributed by atoms with Crippen LogP contribution in [0.15, 0.2) is 200 Å². The van der Waals surface area contributed by atoms with Crippen molar-refractivity contribution in [3.05, 3.63) is 200 Å². The molecule has 0 N–H and O–H groups in total. The quantitative estimate of drug-likeness (QED) is 0.168. The van der Waals surface area contributed by atoms with Crippen molar-refractivity contribution in [2.45, 2.75) is 0 Å². The Hall–Kier alpha value is -6.70. The fraction of sp³-hybridized carbons (Fsp3) is 0. The van der Waals surface area contributed by atoms with Crippen molar-refractivity contribution >= 4 is 70.9 Å². The van der Waals surface area contributed by atoms with Crippen LogP contribution in [0, 0.1) is 0 Å². The van der Waals surface area contributed by atoms with E-state index in [9.17, 15) is 0 Å². The van der Waals surface area contributed by atoms with Gasteiger partial charge in [0.05, 0.1) is 0 Å². The maximum atomic E-state index is 2.39. The first-order chi connectivity index (χ1) is 25.3. The van der Waals surface area contributed by atoms with E-state index < -0.39 is 0 Å². The van der Waals surface area contributed by atoms with Gasteiger partial charge in [0.2, 0.25) is 0 Å². The summed E-state index contributed by atoms with van der Waals surface area (Å²) in [5, 5.41) is 12.7. The average molecular weight is 648 g/mol. The molecule has 0 heterocycles. The van der Waals surface area contributed by atoms with Crippen LogP contribution in [0.5, 0.6) is 0 Å². The van der Waals surface area contributed by atoms with E-state index in [4.69, 9.17) is 0 Å². The van der Waals surface area contributed by atoms with Crippen molar-refractivity contribution < 1.29 is 0 Å². The third kappa shape index (κ3) is 5.02. The molecule has 0 unspecified atom stereocenters. The van der Waals surface area contributed by atoms with E-state index in [0.717, 1.165) is 17.1 Å². The second kappa shape index (κ2) is 12.0. The van der Waals surface area contributed by atoms with Crippen LogP contribution in [0.2, 0.25) is 0 Å². The molecular weight excluding hydrogens is 615 g/mol. The molecule has 51 heavy (non-hydrogen) atoms. The smallest absolute Gasteiger partial charge is 0.0468 e. The second-order valence-corrected chi connectivity index (χ2v) is 13.3. The van der Waals surface area contributed by atoms with Gasteiger partial charge in [-0.05, 0) is 119 Å². The van der Waals surface area contributed by atoms with Crippen LogP contribution < -0.4 is 4.90 Å². The molecule has 0 aliphatic heterocycles. The molecule has 1 heteroatoms. The summed E-state index contributed by atoms with van der Waals surface area (Å²) in [6, 6.07) is 73.1. The van der Waals surface area contributed by atoms with Gasteiger partial charge in [-0.15, -0.1) is 0 Å². The molecule has 0 fully saturated rings. The molecule has 0 saturated carbocycles. The molecule has 0 aromatic heterocycles. The molecule has 238 valence electrons. The van der Waals surface area contributed by atoms with E-state index in [1.807, 2.05) is 0 Å². The highest BCUT2D eigenvalue weighted by atomic mass is 15.1. The highest BCUT2D eigenvalue weighted by molar-refractivity contribution is 6.21. The van der Waals surface area contributed by atoms with Crippen molar-refractivity contribution in [1.29, 1.82) is 0 Å². The minimum absolute atomic E-state index is 1.11. The van der Waals surface area contributed by atoms with E-state index in [1.165, 1.54) is 76.1 Å². The lowest BCUT2D eigenvalue weighted by molar-refractivity contribution is 1.29. The predicted octanol–water partition coefficient (Wildman–Crippen LogP) is 14.3. The highest BCUT2D eigenvalue weighted by Gasteiger charge is 2.16. The lowest BCUT2D eigenvalue weighted by Gasteiger charge is -2.27. The van der Waals surface area contributed by atoms with Crippen LogP contribution in [0.4, 0.5) is 17.1 Å². The van der Waals surface area contributed by atoms with Gasteiger partial charge in [-0.1, -0.05) is 158 Å². The summed E-state index contributed by atoms with van der Waals surface area (Å²) in [5.74, 6) is 0. The first kappa shape index (κ1) is 29.2. The minimum Gasteiger partial charge on any atom is -0.310 e. The van der Waals surface area contributed by atoms with E-state index in [-0.39, 0.29) is 0 Å². The number of rotatable bonds is 5. The van der Waals surface area contributed by atoms with Crippen LogP contribution in [0.25, 0.3) is 76.1 Å². The third-order valence-electron chi connectivity index (χ3n) is 10.4. The van der Waals surface area contributed by atoms with Crippen molar-refractivity contribution in [2.75, 3.05) is 4.90 Å². The molecule has 0 spiro atoms. The fourth-order valence-electron chi connectivity index (χ4n) is 7.93. The summed E-state index contributed by atoms with van der Waals surface area (Å²) in [6.45, 7) is 0. The van der Waals surface area contributed by atoms with Gasteiger partial charge in [0, 0.05) is 17.1 Å². The van der Waals surface area contributed by atoms with Crippen LogP contribution >= 0.6 is 0 Å². The zero-order valence-electron chi connectivity index (χ0n) is 28.0. The van der Waals surface area contributed by atoms with Gasteiger partial charge in [-0.3, -0.25) is 0 Å². The first-order valence-electron chi connectivity index (χ1n) is 17.6. The third-order valence-corrected chi connectivity index (χ3v) is 10.4. The Morgan fingerprint density at radius 2 is 0.765 bits per heavy atom. The topological polar surface area (TPSA) is 3.24 Å².